The van der Waals surface area contributed by atoms with Gasteiger partial charge in [0.25, 0.3) is 0 Å². The summed E-state index contributed by atoms with van der Waals surface area (Å²) in [5, 5.41) is 2.76. The largest absolute Gasteiger partial charge is 0.354 e. The Kier molecular flexibility index (Phi) is 5.22. The lowest BCUT2D eigenvalue weighted by molar-refractivity contribution is -0.118. The number of nitrogens with zero attached hydrogens (tertiary/aromatic N) is 2. The average molecular weight is 220 g/mol. The van der Waals surface area contributed by atoms with E-state index in [4.69, 9.17) is 11.6 Å². The third-order valence-corrected chi connectivity index (χ3v) is 2.71. The fourth-order valence-electron chi connectivity index (χ4n) is 1.47. The fourth-order valence-corrected chi connectivity index (χ4v) is 1.57. The van der Waals surface area contributed by atoms with Crippen molar-refractivity contribution in [3.8, 4) is 0 Å². The number of alkyl halides is 1. The zero-order valence-electron chi connectivity index (χ0n) is 8.63. The summed E-state index contributed by atoms with van der Waals surface area (Å²) in [6, 6.07) is 0. The highest BCUT2D eigenvalue weighted by Gasteiger charge is 2.12. The lowest BCUT2D eigenvalue weighted by Gasteiger charge is -2.32. The SMILES string of the molecule is CN1CCN(CCNC(=O)CCl)CC1. The molecular formula is C9H18ClN3O. The van der Waals surface area contributed by atoms with Crippen molar-refractivity contribution in [2.24, 2.45) is 0 Å². The van der Waals surface area contributed by atoms with Crippen LogP contribution in [-0.2, 0) is 4.79 Å². The predicted octanol–water partition coefficient (Wildman–Crippen LogP) is -0.411. The van der Waals surface area contributed by atoms with Crippen LogP contribution in [0, 0.1) is 0 Å². The number of hydrogen-bond acceptors (Lipinski definition) is 3. The Labute approximate surface area is 90.2 Å². The standard InChI is InChI=1S/C9H18ClN3O/c1-12-4-6-13(7-5-12)3-2-11-9(14)8-10/h2-8H2,1H3,(H,11,14). The first-order valence-electron chi connectivity index (χ1n) is 4.96. The maximum absolute atomic E-state index is 10.8. The molecule has 5 heteroatoms. The van der Waals surface area contributed by atoms with E-state index >= 15 is 0 Å². The van der Waals surface area contributed by atoms with Crippen LogP contribution in [-0.4, -0.2) is 67.9 Å². The first-order chi connectivity index (χ1) is 6.72. The molecule has 1 N–H and O–H groups in total. The third-order valence-electron chi connectivity index (χ3n) is 2.47. The second-order valence-electron chi connectivity index (χ2n) is 3.63. The maximum Gasteiger partial charge on any atom is 0.234 e. The lowest BCUT2D eigenvalue weighted by atomic mass is 10.3. The monoisotopic (exact) mass is 219 g/mol. The summed E-state index contributed by atoms with van der Waals surface area (Å²) in [7, 11) is 2.13. The van der Waals surface area contributed by atoms with E-state index in [0.717, 1.165) is 32.7 Å². The molecule has 0 aromatic carbocycles. The maximum atomic E-state index is 10.8. The number of carbonyl (C=O) groups is 1. The molecule has 1 amide bonds. The quantitative estimate of drug-likeness (QED) is 0.653. The van der Waals surface area contributed by atoms with E-state index in [1.165, 1.54) is 0 Å². The van der Waals surface area contributed by atoms with Crippen molar-refractivity contribution >= 4 is 17.5 Å². The highest BCUT2D eigenvalue weighted by atomic mass is 35.5. The Morgan fingerprint density at radius 1 is 1.36 bits per heavy atom. The van der Waals surface area contributed by atoms with Gasteiger partial charge in [-0.05, 0) is 7.05 Å². The highest BCUT2D eigenvalue weighted by Crippen LogP contribution is 1.97. The molecule has 82 valence electrons. The minimum Gasteiger partial charge on any atom is -0.354 e. The molecule has 1 saturated heterocycles. The van der Waals surface area contributed by atoms with Crippen molar-refractivity contribution in [1.29, 1.82) is 0 Å². The fraction of sp³-hybridized carbons (Fsp3) is 0.889. The van der Waals surface area contributed by atoms with Crippen LogP contribution in [0.2, 0.25) is 0 Å². The summed E-state index contributed by atoms with van der Waals surface area (Å²) in [6.45, 7) is 6.04. The number of nitrogens with one attached hydrogen (secondary N) is 1. The van der Waals surface area contributed by atoms with Crippen LogP contribution >= 0.6 is 11.6 Å². The summed E-state index contributed by atoms with van der Waals surface area (Å²) >= 11 is 5.36. The summed E-state index contributed by atoms with van der Waals surface area (Å²) in [5.74, 6) is -0.0243. The van der Waals surface area contributed by atoms with E-state index in [9.17, 15) is 4.79 Å². The lowest BCUT2D eigenvalue weighted by Crippen LogP contribution is -2.47. The number of carbonyl (C=O) groups excluding carboxylic acids is 1. The van der Waals surface area contributed by atoms with E-state index in [0.29, 0.717) is 6.54 Å². The Bertz CT molecular complexity index is 181. The van der Waals surface area contributed by atoms with Gasteiger partial charge in [-0.3, -0.25) is 9.69 Å². The van der Waals surface area contributed by atoms with Crippen molar-refractivity contribution in [3.05, 3.63) is 0 Å². The third kappa shape index (κ3) is 4.26. The predicted molar refractivity (Wildman–Crippen MR) is 57.7 cm³/mol. The molecule has 1 fully saturated rings. The van der Waals surface area contributed by atoms with Gasteiger partial charge in [-0.15, -0.1) is 11.6 Å². The molecular weight excluding hydrogens is 202 g/mol. The molecule has 0 bridgehead atoms. The van der Waals surface area contributed by atoms with Crippen LogP contribution in [0.1, 0.15) is 0 Å². The molecule has 4 nitrogen and oxygen atoms in total. The Morgan fingerprint density at radius 2 is 2.00 bits per heavy atom. The van der Waals surface area contributed by atoms with Gasteiger partial charge in [-0.2, -0.15) is 0 Å². The van der Waals surface area contributed by atoms with Gasteiger partial charge in [0, 0.05) is 39.3 Å². The minimum absolute atomic E-state index is 0.0583. The molecule has 0 unspecified atom stereocenters. The average Bonchev–Trinajstić information content (AvgIpc) is 2.21. The number of amides is 1. The van der Waals surface area contributed by atoms with E-state index in [1.54, 1.807) is 0 Å². The van der Waals surface area contributed by atoms with Crippen molar-refractivity contribution in [2.45, 2.75) is 0 Å². The molecule has 0 atom stereocenters. The number of rotatable bonds is 4. The molecule has 0 aliphatic carbocycles. The Morgan fingerprint density at radius 3 is 2.57 bits per heavy atom. The molecule has 1 heterocycles. The van der Waals surface area contributed by atoms with Crippen LogP contribution < -0.4 is 5.32 Å². The van der Waals surface area contributed by atoms with E-state index in [2.05, 4.69) is 22.2 Å². The zero-order valence-corrected chi connectivity index (χ0v) is 9.39. The minimum atomic E-state index is -0.0826. The van der Waals surface area contributed by atoms with Gasteiger partial charge in [0.2, 0.25) is 5.91 Å². The van der Waals surface area contributed by atoms with Gasteiger partial charge in [0.1, 0.15) is 5.88 Å². The molecule has 0 aromatic rings. The van der Waals surface area contributed by atoms with Gasteiger partial charge < -0.3 is 10.2 Å². The van der Waals surface area contributed by atoms with Gasteiger partial charge in [-0.25, -0.2) is 0 Å². The molecule has 0 aromatic heterocycles. The summed E-state index contributed by atoms with van der Waals surface area (Å²) in [6.07, 6.45) is 0. The van der Waals surface area contributed by atoms with Gasteiger partial charge in [0.05, 0.1) is 0 Å². The second kappa shape index (κ2) is 6.22. The summed E-state index contributed by atoms with van der Waals surface area (Å²) in [4.78, 5) is 15.5. The summed E-state index contributed by atoms with van der Waals surface area (Å²) < 4.78 is 0. The van der Waals surface area contributed by atoms with Crippen molar-refractivity contribution < 1.29 is 4.79 Å². The van der Waals surface area contributed by atoms with E-state index in [1.807, 2.05) is 0 Å². The van der Waals surface area contributed by atoms with Gasteiger partial charge >= 0.3 is 0 Å². The first kappa shape index (κ1) is 11.8. The summed E-state index contributed by atoms with van der Waals surface area (Å²) in [5.41, 5.74) is 0. The molecule has 1 rings (SSSR count). The van der Waals surface area contributed by atoms with Crippen molar-refractivity contribution in [3.63, 3.8) is 0 Å². The van der Waals surface area contributed by atoms with Crippen LogP contribution in [0.5, 0.6) is 0 Å². The van der Waals surface area contributed by atoms with Crippen LogP contribution in [0.4, 0.5) is 0 Å². The molecule has 0 radical (unpaired) electrons. The van der Waals surface area contributed by atoms with E-state index in [-0.39, 0.29) is 11.8 Å². The Balaban J connectivity index is 2.04. The smallest absolute Gasteiger partial charge is 0.234 e. The number of halogens is 1. The van der Waals surface area contributed by atoms with Crippen LogP contribution in [0.15, 0.2) is 0 Å². The van der Waals surface area contributed by atoms with Crippen LogP contribution in [0.25, 0.3) is 0 Å². The number of likely N-dealkylation sites (N-methyl/N-ethyl adjacent to an activating group) is 1. The molecule has 14 heavy (non-hydrogen) atoms. The van der Waals surface area contributed by atoms with Gasteiger partial charge in [-0.1, -0.05) is 0 Å². The van der Waals surface area contributed by atoms with Crippen LogP contribution in [0.3, 0.4) is 0 Å². The molecule has 1 aliphatic rings. The second-order valence-corrected chi connectivity index (χ2v) is 3.90. The topological polar surface area (TPSA) is 35.6 Å². The van der Waals surface area contributed by atoms with E-state index < -0.39 is 0 Å². The molecule has 0 spiro atoms. The molecule has 0 saturated carbocycles. The first-order valence-corrected chi connectivity index (χ1v) is 5.49. The van der Waals surface area contributed by atoms with Crippen molar-refractivity contribution in [1.82, 2.24) is 15.1 Å². The molecule has 1 aliphatic heterocycles. The van der Waals surface area contributed by atoms with Crippen molar-refractivity contribution in [2.75, 3.05) is 52.2 Å². The Hall–Kier alpha value is -0.320. The number of piperazine rings is 1. The normalized spacial score (nSPS) is 19.6. The number of hydrogen-bond donors (Lipinski definition) is 1. The highest BCUT2D eigenvalue weighted by molar-refractivity contribution is 6.27. The zero-order chi connectivity index (χ0) is 10.4. The van der Waals surface area contributed by atoms with Gasteiger partial charge in [0.15, 0.2) is 0 Å².